The fourth-order valence-electron chi connectivity index (χ4n) is 1.34. The molecule has 0 atom stereocenters. The van der Waals surface area contributed by atoms with Gasteiger partial charge in [0.2, 0.25) is 0 Å². The molecular formula is C11H26NO5+. The molecule has 3 N–H and O–H groups in total. The van der Waals surface area contributed by atoms with Crippen molar-refractivity contribution in [3.05, 3.63) is 0 Å². The van der Waals surface area contributed by atoms with E-state index in [0.29, 0.717) is 0 Å². The highest BCUT2D eigenvalue weighted by molar-refractivity contribution is 6.27. The van der Waals surface area contributed by atoms with E-state index in [2.05, 4.69) is 27.7 Å². The number of aliphatic carboxylic acids is 2. The third kappa shape index (κ3) is 11.1. The largest absolute Gasteiger partial charge is 0.473 e. The second kappa shape index (κ2) is 12.9. The van der Waals surface area contributed by atoms with Gasteiger partial charge in [-0.3, -0.25) is 0 Å². The Kier molecular flexibility index (Phi) is 16.1. The maximum absolute atomic E-state index is 9.10. The maximum atomic E-state index is 9.10. The molecule has 0 heterocycles. The molecule has 6 nitrogen and oxygen atoms in total. The van der Waals surface area contributed by atoms with E-state index >= 15 is 0 Å². The lowest BCUT2D eigenvalue weighted by atomic mass is 10.3. The van der Waals surface area contributed by atoms with Crippen LogP contribution in [0.4, 0.5) is 0 Å². The van der Waals surface area contributed by atoms with Crippen LogP contribution in [0.15, 0.2) is 0 Å². The van der Waals surface area contributed by atoms with Crippen LogP contribution in [0.5, 0.6) is 0 Å². The van der Waals surface area contributed by atoms with Crippen LogP contribution in [0.1, 0.15) is 27.7 Å². The van der Waals surface area contributed by atoms with E-state index in [1.165, 1.54) is 30.7 Å². The van der Waals surface area contributed by atoms with Crippen LogP contribution in [0.3, 0.4) is 0 Å². The number of nitrogens with zero attached hydrogens (tertiary/aromatic N) is 1. The summed E-state index contributed by atoms with van der Waals surface area (Å²) >= 11 is 0. The zero-order valence-corrected chi connectivity index (χ0v) is 11.4. The van der Waals surface area contributed by atoms with Crippen molar-refractivity contribution >= 4 is 11.9 Å². The Morgan fingerprint density at radius 3 is 0.941 bits per heavy atom. The molecule has 0 fully saturated rings. The molecule has 0 aliphatic heterocycles. The molecule has 104 valence electrons. The summed E-state index contributed by atoms with van der Waals surface area (Å²) in [5, 5.41) is 21.8. The molecule has 0 aromatic carbocycles. The first-order valence-electron chi connectivity index (χ1n) is 5.65. The van der Waals surface area contributed by atoms with Crippen LogP contribution in [-0.4, -0.2) is 65.0 Å². The zero-order chi connectivity index (χ0) is 14.5. The third-order valence-corrected chi connectivity index (χ3v) is 2.87. The summed E-state index contributed by atoms with van der Waals surface area (Å²) in [6, 6.07) is 0. The van der Waals surface area contributed by atoms with E-state index in [1.807, 2.05) is 0 Å². The molecule has 0 amide bonds. The summed E-state index contributed by atoms with van der Waals surface area (Å²) in [6.45, 7) is 14.2. The highest BCUT2D eigenvalue weighted by atomic mass is 16.4. The monoisotopic (exact) mass is 252 g/mol. The lowest BCUT2D eigenvalue weighted by Gasteiger charge is -2.34. The lowest BCUT2D eigenvalue weighted by Crippen LogP contribution is -2.47. The number of aliphatic hydroxyl groups is 1. The number of carboxylic acid groups (broad SMARTS) is 2. The Labute approximate surface area is 103 Å². The summed E-state index contributed by atoms with van der Waals surface area (Å²) in [4.78, 5) is 18.2. The quantitative estimate of drug-likeness (QED) is 0.504. The molecule has 0 bridgehead atoms. The molecule has 0 radical (unpaired) electrons. The van der Waals surface area contributed by atoms with Gasteiger partial charge in [0.15, 0.2) is 0 Å². The zero-order valence-electron chi connectivity index (χ0n) is 11.4. The fraction of sp³-hybridized carbons (Fsp3) is 0.818. The SMILES string of the molecule is CC[N+](CC)(CC)CC.CO.O=C(O)C(=O)O. The molecule has 0 rings (SSSR count). The van der Waals surface area contributed by atoms with Gasteiger partial charge in [0, 0.05) is 7.11 Å². The Morgan fingerprint density at radius 1 is 0.765 bits per heavy atom. The Bertz CT molecular complexity index is 173. The van der Waals surface area contributed by atoms with Crippen molar-refractivity contribution in [2.24, 2.45) is 0 Å². The molecule has 17 heavy (non-hydrogen) atoms. The Hall–Kier alpha value is -1.14. The maximum Gasteiger partial charge on any atom is 0.414 e. The lowest BCUT2D eigenvalue weighted by molar-refractivity contribution is -0.921. The van der Waals surface area contributed by atoms with Gasteiger partial charge in [0.05, 0.1) is 26.2 Å². The summed E-state index contributed by atoms with van der Waals surface area (Å²) in [6.07, 6.45) is 0. The summed E-state index contributed by atoms with van der Waals surface area (Å²) in [5.41, 5.74) is 0. The van der Waals surface area contributed by atoms with Crippen molar-refractivity contribution in [3.63, 3.8) is 0 Å². The van der Waals surface area contributed by atoms with Gasteiger partial charge in [0.25, 0.3) is 0 Å². The minimum atomic E-state index is -1.82. The van der Waals surface area contributed by atoms with Gasteiger partial charge in [0.1, 0.15) is 0 Å². The van der Waals surface area contributed by atoms with Gasteiger partial charge >= 0.3 is 11.9 Å². The number of aliphatic hydroxyl groups excluding tert-OH is 1. The number of quaternary nitrogens is 1. The summed E-state index contributed by atoms with van der Waals surface area (Å²) in [7, 11) is 1.00. The van der Waals surface area contributed by atoms with Crippen LogP contribution in [0.2, 0.25) is 0 Å². The predicted octanol–water partition coefficient (Wildman–Crippen LogP) is 0.647. The van der Waals surface area contributed by atoms with E-state index in [-0.39, 0.29) is 0 Å². The Morgan fingerprint density at radius 2 is 0.941 bits per heavy atom. The van der Waals surface area contributed by atoms with E-state index in [4.69, 9.17) is 24.9 Å². The predicted molar refractivity (Wildman–Crippen MR) is 65.8 cm³/mol. The van der Waals surface area contributed by atoms with Crippen LogP contribution in [-0.2, 0) is 9.59 Å². The van der Waals surface area contributed by atoms with Gasteiger partial charge in [-0.1, -0.05) is 0 Å². The molecule has 0 aromatic rings. The van der Waals surface area contributed by atoms with Crippen molar-refractivity contribution in [3.8, 4) is 0 Å². The van der Waals surface area contributed by atoms with Crippen LogP contribution >= 0.6 is 0 Å². The first-order chi connectivity index (χ1) is 7.89. The van der Waals surface area contributed by atoms with Crippen molar-refractivity contribution in [1.29, 1.82) is 0 Å². The second-order valence-electron chi connectivity index (χ2n) is 3.22. The topological polar surface area (TPSA) is 94.8 Å². The van der Waals surface area contributed by atoms with Crippen molar-refractivity contribution in [1.82, 2.24) is 0 Å². The molecule has 0 saturated heterocycles. The van der Waals surface area contributed by atoms with E-state index < -0.39 is 11.9 Å². The fourth-order valence-corrected chi connectivity index (χ4v) is 1.34. The molecule has 0 spiro atoms. The van der Waals surface area contributed by atoms with Gasteiger partial charge < -0.3 is 19.8 Å². The molecule has 0 aliphatic rings. The van der Waals surface area contributed by atoms with Crippen LogP contribution in [0.25, 0.3) is 0 Å². The number of carbonyl (C=O) groups is 2. The smallest absolute Gasteiger partial charge is 0.414 e. The van der Waals surface area contributed by atoms with Gasteiger partial charge in [-0.05, 0) is 27.7 Å². The normalized spacial score (nSPS) is 9.29. The van der Waals surface area contributed by atoms with Gasteiger partial charge in [-0.25, -0.2) is 9.59 Å². The number of carboxylic acids is 2. The molecule has 0 unspecified atom stereocenters. The van der Waals surface area contributed by atoms with E-state index in [0.717, 1.165) is 7.11 Å². The average molecular weight is 252 g/mol. The number of hydrogen-bond donors (Lipinski definition) is 3. The third-order valence-electron chi connectivity index (χ3n) is 2.87. The molecule has 0 saturated carbocycles. The first kappa shape index (κ1) is 21.2. The van der Waals surface area contributed by atoms with Crippen LogP contribution < -0.4 is 0 Å². The molecule has 0 aromatic heterocycles. The van der Waals surface area contributed by atoms with Crippen molar-refractivity contribution in [2.75, 3.05) is 33.3 Å². The highest BCUT2D eigenvalue weighted by Gasteiger charge is 2.16. The number of rotatable bonds is 4. The standard InChI is InChI=1S/C8H20N.C2H2O4.CH4O/c1-5-9(6-2,7-3)8-4;3-1(4)2(5)6;1-2/h5-8H2,1-4H3;(H,3,4)(H,5,6);2H,1H3/q+1;;. The molecule has 0 aliphatic carbocycles. The highest BCUT2D eigenvalue weighted by Crippen LogP contribution is 2.03. The average Bonchev–Trinajstić information content (AvgIpc) is 2.36. The Balaban J connectivity index is -0.000000213. The summed E-state index contributed by atoms with van der Waals surface area (Å²) < 4.78 is 1.28. The first-order valence-corrected chi connectivity index (χ1v) is 5.65. The summed E-state index contributed by atoms with van der Waals surface area (Å²) in [5.74, 6) is -3.65. The molecule has 6 heteroatoms. The van der Waals surface area contributed by atoms with E-state index in [1.54, 1.807) is 0 Å². The second-order valence-corrected chi connectivity index (χ2v) is 3.22. The minimum Gasteiger partial charge on any atom is -0.473 e. The minimum absolute atomic E-state index is 1.00. The van der Waals surface area contributed by atoms with E-state index in [9.17, 15) is 0 Å². The number of hydrogen-bond acceptors (Lipinski definition) is 3. The van der Waals surface area contributed by atoms with Crippen molar-refractivity contribution < 1.29 is 29.4 Å². The van der Waals surface area contributed by atoms with Crippen molar-refractivity contribution in [2.45, 2.75) is 27.7 Å². The van der Waals surface area contributed by atoms with Crippen LogP contribution in [0, 0.1) is 0 Å². The van der Waals surface area contributed by atoms with Gasteiger partial charge in [-0.2, -0.15) is 0 Å². The van der Waals surface area contributed by atoms with Gasteiger partial charge in [-0.15, -0.1) is 0 Å². The molecular weight excluding hydrogens is 226 g/mol.